The SMILES string of the molecule is CCNC(CCc1ccsc1)c1ccc(F)c(OC)c1. The van der Waals surface area contributed by atoms with Crippen molar-refractivity contribution in [1.29, 1.82) is 0 Å². The van der Waals surface area contributed by atoms with Crippen molar-refractivity contribution in [2.24, 2.45) is 0 Å². The molecule has 0 aliphatic carbocycles. The van der Waals surface area contributed by atoms with Crippen LogP contribution in [0.5, 0.6) is 5.75 Å². The second-order valence-corrected chi connectivity index (χ2v) is 5.45. The minimum atomic E-state index is -0.315. The third kappa shape index (κ3) is 3.81. The van der Waals surface area contributed by atoms with Crippen LogP contribution in [0, 0.1) is 5.82 Å². The zero-order valence-corrected chi connectivity index (χ0v) is 12.7. The number of aryl methyl sites for hydroxylation is 1. The maximum absolute atomic E-state index is 13.5. The Morgan fingerprint density at radius 1 is 1.35 bits per heavy atom. The Balaban J connectivity index is 2.10. The van der Waals surface area contributed by atoms with Gasteiger partial charge in [-0.1, -0.05) is 13.0 Å². The number of halogens is 1. The minimum Gasteiger partial charge on any atom is -0.494 e. The highest BCUT2D eigenvalue weighted by molar-refractivity contribution is 7.07. The molecule has 1 heterocycles. The van der Waals surface area contributed by atoms with Gasteiger partial charge in [0.15, 0.2) is 11.6 Å². The van der Waals surface area contributed by atoms with Crippen molar-refractivity contribution in [3.8, 4) is 5.75 Å². The van der Waals surface area contributed by atoms with Gasteiger partial charge in [0.05, 0.1) is 7.11 Å². The van der Waals surface area contributed by atoms with Crippen LogP contribution in [0.2, 0.25) is 0 Å². The number of rotatable bonds is 7. The van der Waals surface area contributed by atoms with Gasteiger partial charge >= 0.3 is 0 Å². The fourth-order valence-corrected chi connectivity index (χ4v) is 2.98. The molecule has 1 atom stereocenters. The van der Waals surface area contributed by atoms with E-state index in [1.165, 1.54) is 18.7 Å². The lowest BCUT2D eigenvalue weighted by Crippen LogP contribution is -2.21. The first-order valence-electron chi connectivity index (χ1n) is 6.82. The Morgan fingerprint density at radius 2 is 2.20 bits per heavy atom. The lowest BCUT2D eigenvalue weighted by Gasteiger charge is -2.19. The Morgan fingerprint density at radius 3 is 2.85 bits per heavy atom. The second kappa shape index (κ2) is 7.41. The average Bonchev–Trinajstić information content (AvgIpc) is 2.97. The molecule has 2 aromatic rings. The topological polar surface area (TPSA) is 21.3 Å². The van der Waals surface area contributed by atoms with Crippen LogP contribution in [0.3, 0.4) is 0 Å². The van der Waals surface area contributed by atoms with Gasteiger partial charge < -0.3 is 10.1 Å². The fraction of sp³-hybridized carbons (Fsp3) is 0.375. The van der Waals surface area contributed by atoms with Crippen molar-refractivity contribution < 1.29 is 9.13 Å². The first kappa shape index (κ1) is 15.0. The van der Waals surface area contributed by atoms with Gasteiger partial charge in [0, 0.05) is 6.04 Å². The lowest BCUT2D eigenvalue weighted by atomic mass is 9.99. The maximum atomic E-state index is 13.5. The van der Waals surface area contributed by atoms with Gasteiger partial charge in [0.25, 0.3) is 0 Å². The quantitative estimate of drug-likeness (QED) is 0.827. The lowest BCUT2D eigenvalue weighted by molar-refractivity contribution is 0.384. The van der Waals surface area contributed by atoms with E-state index < -0.39 is 0 Å². The van der Waals surface area contributed by atoms with Gasteiger partial charge in [0.1, 0.15) is 0 Å². The molecule has 2 rings (SSSR count). The highest BCUT2D eigenvalue weighted by atomic mass is 32.1. The Bertz CT molecular complexity index is 527. The van der Waals surface area contributed by atoms with Crippen molar-refractivity contribution in [2.45, 2.75) is 25.8 Å². The molecule has 1 aromatic carbocycles. The number of nitrogens with one attached hydrogen (secondary N) is 1. The summed E-state index contributed by atoms with van der Waals surface area (Å²) in [5, 5.41) is 7.73. The number of hydrogen-bond donors (Lipinski definition) is 1. The normalized spacial score (nSPS) is 12.3. The van der Waals surface area contributed by atoms with Crippen LogP contribution in [0.1, 0.15) is 30.5 Å². The number of thiophene rings is 1. The first-order valence-corrected chi connectivity index (χ1v) is 7.76. The van der Waals surface area contributed by atoms with Gasteiger partial charge in [-0.3, -0.25) is 0 Å². The van der Waals surface area contributed by atoms with Crippen molar-refractivity contribution in [1.82, 2.24) is 5.32 Å². The molecule has 0 bridgehead atoms. The molecule has 0 spiro atoms. The average molecular weight is 293 g/mol. The number of benzene rings is 1. The summed E-state index contributed by atoms with van der Waals surface area (Å²) in [6.07, 6.45) is 2.00. The molecule has 20 heavy (non-hydrogen) atoms. The largest absolute Gasteiger partial charge is 0.494 e. The molecule has 1 N–H and O–H groups in total. The number of ether oxygens (including phenoxy) is 1. The van der Waals surface area contributed by atoms with Crippen molar-refractivity contribution in [3.63, 3.8) is 0 Å². The van der Waals surface area contributed by atoms with Gasteiger partial charge in [-0.15, -0.1) is 0 Å². The smallest absolute Gasteiger partial charge is 0.165 e. The van der Waals surface area contributed by atoms with Gasteiger partial charge in [-0.25, -0.2) is 4.39 Å². The molecule has 0 aliphatic heterocycles. The minimum absolute atomic E-state index is 0.217. The van der Waals surface area contributed by atoms with Crippen LogP contribution in [0.4, 0.5) is 4.39 Å². The molecule has 1 aromatic heterocycles. The maximum Gasteiger partial charge on any atom is 0.165 e. The number of hydrogen-bond acceptors (Lipinski definition) is 3. The standard InChI is InChI=1S/C16H20FNOS/c1-3-18-15(7-4-12-8-9-20-11-12)13-5-6-14(17)16(10-13)19-2/h5-6,8-11,15,18H,3-4,7H2,1-2H3. The molecule has 0 amide bonds. The van der Waals surface area contributed by atoms with Crippen LogP contribution in [-0.2, 0) is 6.42 Å². The predicted octanol–water partition coefficient (Wildman–Crippen LogP) is 4.18. The van der Waals surface area contributed by atoms with Crippen LogP contribution < -0.4 is 10.1 Å². The van der Waals surface area contributed by atoms with E-state index >= 15 is 0 Å². The molecule has 0 radical (unpaired) electrons. The molecule has 4 heteroatoms. The van der Waals surface area contributed by atoms with E-state index in [1.807, 2.05) is 6.07 Å². The Hall–Kier alpha value is -1.39. The van der Waals surface area contributed by atoms with E-state index in [4.69, 9.17) is 4.74 Å². The third-order valence-electron chi connectivity index (χ3n) is 3.33. The number of methoxy groups -OCH3 is 1. The fourth-order valence-electron chi connectivity index (χ4n) is 2.27. The van der Waals surface area contributed by atoms with Crippen molar-refractivity contribution in [3.05, 3.63) is 52.0 Å². The van der Waals surface area contributed by atoms with Gasteiger partial charge in [-0.2, -0.15) is 11.3 Å². The summed E-state index contributed by atoms with van der Waals surface area (Å²) in [4.78, 5) is 0. The van der Waals surface area contributed by atoms with Gasteiger partial charge in [0.2, 0.25) is 0 Å². The molecule has 0 fully saturated rings. The highest BCUT2D eigenvalue weighted by Crippen LogP contribution is 2.25. The third-order valence-corrected chi connectivity index (χ3v) is 4.06. The molecule has 2 nitrogen and oxygen atoms in total. The zero-order chi connectivity index (χ0) is 14.4. The van der Waals surface area contributed by atoms with Crippen LogP contribution in [0.25, 0.3) is 0 Å². The van der Waals surface area contributed by atoms with Crippen molar-refractivity contribution >= 4 is 11.3 Å². The summed E-state index contributed by atoms with van der Waals surface area (Å²) in [7, 11) is 1.50. The summed E-state index contributed by atoms with van der Waals surface area (Å²) in [5.74, 6) is -0.00901. The van der Waals surface area contributed by atoms with E-state index in [0.29, 0.717) is 5.75 Å². The Kier molecular flexibility index (Phi) is 5.56. The summed E-state index contributed by atoms with van der Waals surface area (Å²) >= 11 is 1.72. The molecular weight excluding hydrogens is 273 g/mol. The Labute approximate surface area is 123 Å². The monoisotopic (exact) mass is 293 g/mol. The molecule has 0 saturated heterocycles. The molecule has 108 valence electrons. The van der Waals surface area contributed by atoms with E-state index in [0.717, 1.165) is 24.9 Å². The first-order chi connectivity index (χ1) is 9.74. The summed E-state index contributed by atoms with van der Waals surface area (Å²) in [5.41, 5.74) is 2.42. The van der Waals surface area contributed by atoms with Crippen molar-refractivity contribution in [2.75, 3.05) is 13.7 Å². The van der Waals surface area contributed by atoms with Crippen LogP contribution in [0.15, 0.2) is 35.0 Å². The zero-order valence-electron chi connectivity index (χ0n) is 11.9. The van der Waals surface area contributed by atoms with E-state index in [2.05, 4.69) is 29.1 Å². The van der Waals surface area contributed by atoms with E-state index in [-0.39, 0.29) is 11.9 Å². The van der Waals surface area contributed by atoms with Crippen LogP contribution >= 0.6 is 11.3 Å². The predicted molar refractivity (Wildman–Crippen MR) is 82.0 cm³/mol. The second-order valence-electron chi connectivity index (χ2n) is 4.67. The van der Waals surface area contributed by atoms with E-state index in [1.54, 1.807) is 17.4 Å². The molecule has 0 saturated carbocycles. The highest BCUT2D eigenvalue weighted by Gasteiger charge is 2.13. The summed E-state index contributed by atoms with van der Waals surface area (Å²) < 4.78 is 18.5. The van der Waals surface area contributed by atoms with Gasteiger partial charge in [-0.05, 0) is 59.5 Å². The van der Waals surface area contributed by atoms with Crippen LogP contribution in [-0.4, -0.2) is 13.7 Å². The molecule has 0 aliphatic rings. The molecule has 1 unspecified atom stereocenters. The van der Waals surface area contributed by atoms with E-state index in [9.17, 15) is 4.39 Å². The summed E-state index contributed by atoms with van der Waals surface area (Å²) in [6.45, 7) is 2.96. The summed E-state index contributed by atoms with van der Waals surface area (Å²) in [6, 6.07) is 7.46. The molecular formula is C16H20FNOS.